The Hall–Kier alpha value is 0.830. The second kappa shape index (κ2) is 11.6. The van der Waals surface area contributed by atoms with Crippen LogP contribution in [0.15, 0.2) is 0 Å². The molecule has 0 saturated carbocycles. The average molecular weight is 233 g/mol. The van der Waals surface area contributed by atoms with Gasteiger partial charge in [-0.05, 0) is 27.1 Å². The van der Waals surface area contributed by atoms with Crippen LogP contribution in [0.3, 0.4) is 0 Å². The van der Waals surface area contributed by atoms with Crippen molar-refractivity contribution < 1.29 is 0 Å². The third-order valence-electron chi connectivity index (χ3n) is 0.671. The van der Waals surface area contributed by atoms with Crippen LogP contribution in [0.4, 0.5) is 0 Å². The fourth-order valence-electron chi connectivity index (χ4n) is 0.447. The Labute approximate surface area is 71.2 Å². The molecule has 0 atom stereocenters. The van der Waals surface area contributed by atoms with E-state index in [4.69, 9.17) is 0 Å². The molecule has 2 heteroatoms. The molecule has 0 fully saturated rings. The molecule has 0 aromatic rings. The summed E-state index contributed by atoms with van der Waals surface area (Å²) in [4.78, 5) is 2.18. The second-order valence-corrected chi connectivity index (χ2v) is 6.55. The van der Waals surface area contributed by atoms with Gasteiger partial charge >= 0.3 is 32.3 Å². The zero-order valence-corrected chi connectivity index (χ0v) is 11.6. The minimum atomic E-state index is -0.01000. The molecule has 0 aliphatic rings. The van der Waals surface area contributed by atoms with Crippen LogP contribution in [0.1, 0.15) is 13.3 Å². The number of nitrogens with zero attached hydrogens (tertiary/aromatic N) is 1. The van der Waals surface area contributed by atoms with Crippen LogP contribution in [0.25, 0.3) is 0 Å². The van der Waals surface area contributed by atoms with Crippen molar-refractivity contribution in [3.63, 3.8) is 0 Å². The second-order valence-electron chi connectivity index (χ2n) is 2.51. The summed E-state index contributed by atoms with van der Waals surface area (Å²) in [5, 5.41) is 0. The Balaban J connectivity index is 0. The van der Waals surface area contributed by atoms with Gasteiger partial charge in [0.25, 0.3) is 0 Å². The normalized spacial score (nSPS) is 8.22. The molecule has 0 aromatic carbocycles. The molecule has 0 bridgehead atoms. The van der Waals surface area contributed by atoms with E-state index >= 15 is 0 Å². The summed E-state index contributed by atoms with van der Waals surface area (Å²) in [6.45, 7) is 3.39. The average Bonchev–Trinajstić information content (AvgIpc) is 1.67. The van der Waals surface area contributed by atoms with Crippen molar-refractivity contribution in [3.05, 3.63) is 0 Å². The molecule has 9 heavy (non-hydrogen) atoms. The van der Waals surface area contributed by atoms with E-state index in [9.17, 15) is 0 Å². The van der Waals surface area contributed by atoms with Gasteiger partial charge in [0, 0.05) is 0 Å². The van der Waals surface area contributed by atoms with Gasteiger partial charge in [-0.25, -0.2) is 0 Å². The number of hydrogen-bond donors (Lipinski definition) is 0. The van der Waals surface area contributed by atoms with Crippen molar-refractivity contribution >= 4 is 22.9 Å². The summed E-state index contributed by atoms with van der Waals surface area (Å²) in [5.74, 6) is 0. The Morgan fingerprint density at radius 3 is 1.56 bits per heavy atom. The van der Waals surface area contributed by atoms with Crippen molar-refractivity contribution in [3.8, 4) is 0 Å². The van der Waals surface area contributed by atoms with Crippen molar-refractivity contribution in [2.45, 2.75) is 22.7 Å². The molecule has 0 unspecified atom stereocenters. The molecular formula is C7H20InN. The molecular weight excluding hydrogens is 213 g/mol. The molecule has 0 heterocycles. The van der Waals surface area contributed by atoms with Gasteiger partial charge in [0.1, 0.15) is 0 Å². The molecule has 0 aromatic heterocycles. The fourth-order valence-corrected chi connectivity index (χ4v) is 0.447. The van der Waals surface area contributed by atoms with E-state index in [1.165, 1.54) is 13.0 Å². The van der Waals surface area contributed by atoms with Gasteiger partial charge in [0.15, 0.2) is 0 Å². The van der Waals surface area contributed by atoms with E-state index in [1.807, 2.05) is 0 Å². The van der Waals surface area contributed by atoms with Crippen LogP contribution in [-0.4, -0.2) is 48.4 Å². The molecule has 0 rings (SSSR count). The van der Waals surface area contributed by atoms with Crippen LogP contribution in [0.5, 0.6) is 0 Å². The molecule has 0 amide bonds. The summed E-state index contributed by atoms with van der Waals surface area (Å²) in [7, 11) is 4.17. The first-order valence-electron chi connectivity index (χ1n) is 3.83. The molecule has 0 N–H and O–H groups in total. The number of rotatable bonds is 2. The van der Waals surface area contributed by atoms with Crippen molar-refractivity contribution in [2.24, 2.45) is 0 Å². The van der Waals surface area contributed by atoms with E-state index in [0.29, 0.717) is 0 Å². The Kier molecular flexibility index (Phi) is 16.1. The van der Waals surface area contributed by atoms with E-state index in [1.54, 1.807) is 0 Å². The third-order valence-corrected chi connectivity index (χ3v) is 0.671. The van der Waals surface area contributed by atoms with Crippen LogP contribution in [0.2, 0.25) is 9.36 Å². The summed E-state index contributed by atoms with van der Waals surface area (Å²) in [6.07, 6.45) is 1.26. The first kappa shape index (κ1) is 12.5. The Morgan fingerprint density at radius 1 is 1.22 bits per heavy atom. The first-order valence-corrected chi connectivity index (χ1v) is 11.9. The van der Waals surface area contributed by atoms with Gasteiger partial charge in [-0.2, -0.15) is 0 Å². The van der Waals surface area contributed by atoms with Gasteiger partial charge in [-0.15, -0.1) is 0 Å². The Morgan fingerprint density at radius 2 is 1.56 bits per heavy atom. The third kappa shape index (κ3) is 28.1. The summed E-state index contributed by atoms with van der Waals surface area (Å²) >= 11 is -0.01000. The van der Waals surface area contributed by atoms with Gasteiger partial charge < -0.3 is 4.90 Å². The van der Waals surface area contributed by atoms with Crippen molar-refractivity contribution in [1.82, 2.24) is 4.90 Å². The van der Waals surface area contributed by atoms with Crippen LogP contribution in [0, 0.1) is 0 Å². The van der Waals surface area contributed by atoms with E-state index < -0.39 is 0 Å². The van der Waals surface area contributed by atoms with Gasteiger partial charge in [0.2, 0.25) is 0 Å². The fraction of sp³-hybridized carbons (Fsp3) is 1.00. The van der Waals surface area contributed by atoms with E-state index in [-0.39, 0.29) is 22.9 Å². The molecule has 0 aliphatic heterocycles. The van der Waals surface area contributed by atoms with Crippen molar-refractivity contribution in [2.75, 3.05) is 20.6 Å². The Bertz CT molecular complexity index is 37.9. The molecule has 56 valence electrons. The van der Waals surface area contributed by atoms with Crippen LogP contribution < -0.4 is 0 Å². The first-order chi connectivity index (χ1) is 4.18. The maximum atomic E-state index is 2.34. The van der Waals surface area contributed by atoms with Gasteiger partial charge in [0.05, 0.1) is 0 Å². The molecule has 0 spiro atoms. The minimum absolute atomic E-state index is 0.01000. The maximum absolute atomic E-state index is 2.34. The van der Waals surface area contributed by atoms with E-state index in [0.717, 1.165) is 0 Å². The van der Waals surface area contributed by atoms with E-state index in [2.05, 4.69) is 35.3 Å². The summed E-state index contributed by atoms with van der Waals surface area (Å²) < 4.78 is 4.67. The summed E-state index contributed by atoms with van der Waals surface area (Å²) in [5.41, 5.74) is 0. The van der Waals surface area contributed by atoms with Crippen LogP contribution in [-0.2, 0) is 0 Å². The monoisotopic (exact) mass is 233 g/mol. The molecule has 0 aliphatic carbocycles. The zero-order valence-electron chi connectivity index (χ0n) is 7.57. The standard InChI is InChI=1S/C5H13N.2CH3.In.H/c1-4-5-6(2)3;;;;/h4-5H2,1-3H3;2*1H3;;. The SMILES string of the molecule is CCCN(C)C.[CH3][InH][CH3]. The zero-order chi connectivity index (χ0) is 7.70. The predicted octanol–water partition coefficient (Wildman–Crippen LogP) is 1.48. The van der Waals surface area contributed by atoms with Gasteiger partial charge in [-0.1, -0.05) is 6.92 Å². The summed E-state index contributed by atoms with van der Waals surface area (Å²) in [6, 6.07) is 0. The topological polar surface area (TPSA) is 3.24 Å². The molecule has 0 radical (unpaired) electrons. The van der Waals surface area contributed by atoms with Gasteiger partial charge in [-0.3, -0.25) is 0 Å². The van der Waals surface area contributed by atoms with Crippen molar-refractivity contribution in [1.29, 1.82) is 0 Å². The quantitative estimate of drug-likeness (QED) is 0.698. The predicted molar refractivity (Wildman–Crippen MR) is 47.7 cm³/mol. The molecule has 1 nitrogen and oxygen atoms in total. The molecule has 0 saturated heterocycles. The van der Waals surface area contributed by atoms with Crippen LogP contribution >= 0.6 is 0 Å². The number of hydrogen-bond acceptors (Lipinski definition) is 1.